The van der Waals surface area contributed by atoms with Crippen molar-refractivity contribution >= 4 is 11.6 Å². The number of morpholine rings is 1. The molecule has 2 heterocycles. The largest absolute Gasteiger partial charge is 0.378 e. The molecule has 0 saturated carbocycles. The Morgan fingerprint density at radius 1 is 1.72 bits per heavy atom. The first-order valence-corrected chi connectivity index (χ1v) is 6.30. The Morgan fingerprint density at radius 3 is 3.17 bits per heavy atom. The van der Waals surface area contributed by atoms with Crippen LogP contribution in [-0.4, -0.2) is 41.5 Å². The van der Waals surface area contributed by atoms with Gasteiger partial charge >= 0.3 is 0 Å². The highest BCUT2D eigenvalue weighted by Gasteiger charge is 2.17. The average Bonchev–Trinajstić information content (AvgIpc) is 2.78. The molecule has 1 aromatic rings. The highest BCUT2D eigenvalue weighted by molar-refractivity contribution is 5.90. The zero-order valence-electron chi connectivity index (χ0n) is 10.8. The highest BCUT2D eigenvalue weighted by atomic mass is 16.5. The van der Waals surface area contributed by atoms with Gasteiger partial charge in [-0.1, -0.05) is 0 Å². The van der Waals surface area contributed by atoms with E-state index in [9.17, 15) is 4.79 Å². The summed E-state index contributed by atoms with van der Waals surface area (Å²) in [7, 11) is 0. The number of aromatic nitrogens is 2. The minimum Gasteiger partial charge on any atom is -0.378 e. The van der Waals surface area contributed by atoms with Crippen LogP contribution in [0, 0.1) is 0 Å². The Kier molecular flexibility index (Phi) is 4.33. The van der Waals surface area contributed by atoms with Gasteiger partial charge < -0.3 is 15.4 Å². The van der Waals surface area contributed by atoms with Crippen LogP contribution >= 0.6 is 0 Å². The van der Waals surface area contributed by atoms with Crippen LogP contribution in [-0.2, 0) is 9.53 Å². The fourth-order valence-corrected chi connectivity index (χ4v) is 1.87. The van der Waals surface area contributed by atoms with Gasteiger partial charge in [-0.3, -0.25) is 9.48 Å². The maximum absolute atomic E-state index is 11.8. The van der Waals surface area contributed by atoms with Crippen molar-refractivity contribution in [3.63, 3.8) is 0 Å². The molecule has 0 aromatic carbocycles. The summed E-state index contributed by atoms with van der Waals surface area (Å²) in [6, 6.07) is 0.406. The summed E-state index contributed by atoms with van der Waals surface area (Å²) in [6.07, 6.45) is 3.93. The molecule has 1 aliphatic rings. The lowest BCUT2D eigenvalue weighted by Crippen LogP contribution is -2.43. The fourth-order valence-electron chi connectivity index (χ4n) is 1.87. The van der Waals surface area contributed by atoms with Gasteiger partial charge in [0.05, 0.1) is 25.1 Å². The van der Waals surface area contributed by atoms with Crippen molar-refractivity contribution in [1.82, 2.24) is 15.1 Å². The molecule has 6 nitrogen and oxygen atoms in total. The lowest BCUT2D eigenvalue weighted by molar-refractivity contribution is -0.117. The molecule has 1 aromatic heterocycles. The molecule has 0 spiro atoms. The Balaban J connectivity index is 1.82. The molecule has 2 N–H and O–H groups in total. The number of nitrogens with zero attached hydrogens (tertiary/aromatic N) is 2. The Hall–Kier alpha value is -1.40. The zero-order chi connectivity index (χ0) is 13.0. The number of hydrogen-bond acceptors (Lipinski definition) is 4. The minimum atomic E-state index is -0.0127. The molecular weight excluding hydrogens is 232 g/mol. The van der Waals surface area contributed by atoms with Crippen LogP contribution in [0.1, 0.15) is 26.3 Å². The Bertz CT molecular complexity index is 397. The maximum atomic E-state index is 11.8. The van der Waals surface area contributed by atoms with E-state index < -0.39 is 0 Å². The highest BCUT2D eigenvalue weighted by Crippen LogP contribution is 2.10. The monoisotopic (exact) mass is 252 g/mol. The van der Waals surface area contributed by atoms with Crippen molar-refractivity contribution in [3.05, 3.63) is 12.4 Å². The van der Waals surface area contributed by atoms with Crippen LogP contribution in [0.25, 0.3) is 0 Å². The van der Waals surface area contributed by atoms with Gasteiger partial charge in [0.25, 0.3) is 0 Å². The van der Waals surface area contributed by atoms with Gasteiger partial charge in [-0.15, -0.1) is 0 Å². The number of rotatable bonds is 4. The van der Waals surface area contributed by atoms with Gasteiger partial charge in [0.2, 0.25) is 5.91 Å². The van der Waals surface area contributed by atoms with Crippen molar-refractivity contribution in [2.75, 3.05) is 25.1 Å². The van der Waals surface area contributed by atoms with E-state index in [1.807, 2.05) is 24.7 Å². The van der Waals surface area contributed by atoms with Crippen molar-refractivity contribution < 1.29 is 9.53 Å². The molecule has 1 amide bonds. The smallest absolute Gasteiger partial charge is 0.226 e. The number of anilines is 1. The molecule has 0 bridgehead atoms. The Morgan fingerprint density at radius 2 is 2.56 bits per heavy atom. The number of nitrogens with one attached hydrogen (secondary N) is 2. The van der Waals surface area contributed by atoms with E-state index in [-0.39, 0.29) is 11.9 Å². The predicted molar refractivity (Wildman–Crippen MR) is 68.5 cm³/mol. The summed E-state index contributed by atoms with van der Waals surface area (Å²) >= 11 is 0. The van der Waals surface area contributed by atoms with E-state index in [4.69, 9.17) is 4.74 Å². The standard InChI is InChI=1S/C12H20N4O2/c1-9(2)16-7-11(6-14-16)15-12(17)5-10-8-18-4-3-13-10/h6-7,9-10,13H,3-5,8H2,1-2H3,(H,15,17). The summed E-state index contributed by atoms with van der Waals surface area (Å²) in [5.74, 6) is -0.0127. The van der Waals surface area contributed by atoms with Crippen molar-refractivity contribution in [1.29, 1.82) is 0 Å². The normalized spacial score (nSPS) is 20.1. The van der Waals surface area contributed by atoms with E-state index in [2.05, 4.69) is 15.7 Å². The van der Waals surface area contributed by atoms with Gasteiger partial charge in [0, 0.05) is 31.2 Å². The number of amides is 1. The SMILES string of the molecule is CC(C)n1cc(NC(=O)CC2COCCN2)cn1. The van der Waals surface area contributed by atoms with Crippen LogP contribution in [0.15, 0.2) is 12.4 Å². The van der Waals surface area contributed by atoms with Crippen molar-refractivity contribution in [3.8, 4) is 0 Å². The van der Waals surface area contributed by atoms with E-state index in [0.29, 0.717) is 19.1 Å². The molecule has 1 fully saturated rings. The summed E-state index contributed by atoms with van der Waals surface area (Å²) in [5.41, 5.74) is 0.741. The zero-order valence-corrected chi connectivity index (χ0v) is 10.8. The molecular formula is C12H20N4O2. The van der Waals surface area contributed by atoms with Gasteiger partial charge in [-0.05, 0) is 13.8 Å². The molecule has 1 aliphatic heterocycles. The molecule has 1 unspecified atom stereocenters. The second-order valence-corrected chi connectivity index (χ2v) is 4.78. The summed E-state index contributed by atoms with van der Waals surface area (Å²) in [6.45, 7) is 6.21. The molecule has 1 saturated heterocycles. The molecule has 0 aliphatic carbocycles. The van der Waals surface area contributed by atoms with Crippen molar-refractivity contribution in [2.45, 2.75) is 32.4 Å². The third-order valence-electron chi connectivity index (χ3n) is 2.84. The summed E-state index contributed by atoms with van der Waals surface area (Å²) in [4.78, 5) is 11.8. The van der Waals surface area contributed by atoms with Crippen LogP contribution in [0.5, 0.6) is 0 Å². The molecule has 6 heteroatoms. The van der Waals surface area contributed by atoms with Gasteiger partial charge in [0.1, 0.15) is 0 Å². The van der Waals surface area contributed by atoms with Crippen LogP contribution in [0.2, 0.25) is 0 Å². The van der Waals surface area contributed by atoms with E-state index in [0.717, 1.165) is 18.8 Å². The maximum Gasteiger partial charge on any atom is 0.226 e. The van der Waals surface area contributed by atoms with Gasteiger partial charge in [-0.25, -0.2) is 0 Å². The number of carbonyl (C=O) groups is 1. The number of ether oxygens (including phenoxy) is 1. The van der Waals surface area contributed by atoms with Crippen LogP contribution < -0.4 is 10.6 Å². The third-order valence-corrected chi connectivity index (χ3v) is 2.84. The van der Waals surface area contributed by atoms with Gasteiger partial charge in [-0.2, -0.15) is 5.10 Å². The average molecular weight is 252 g/mol. The Labute approximate surface area is 107 Å². The van der Waals surface area contributed by atoms with Gasteiger partial charge in [0.15, 0.2) is 0 Å². The molecule has 0 radical (unpaired) electrons. The minimum absolute atomic E-state index is 0.0127. The van der Waals surface area contributed by atoms with Crippen LogP contribution in [0.4, 0.5) is 5.69 Å². The van der Waals surface area contributed by atoms with E-state index in [1.54, 1.807) is 6.20 Å². The summed E-state index contributed by atoms with van der Waals surface area (Å²) in [5, 5.41) is 10.3. The van der Waals surface area contributed by atoms with E-state index in [1.165, 1.54) is 0 Å². The first kappa shape index (κ1) is 13.0. The topological polar surface area (TPSA) is 68.2 Å². The molecule has 100 valence electrons. The summed E-state index contributed by atoms with van der Waals surface area (Å²) < 4.78 is 7.13. The quantitative estimate of drug-likeness (QED) is 0.831. The fraction of sp³-hybridized carbons (Fsp3) is 0.667. The molecule has 18 heavy (non-hydrogen) atoms. The third kappa shape index (κ3) is 3.54. The van der Waals surface area contributed by atoms with Crippen molar-refractivity contribution in [2.24, 2.45) is 0 Å². The van der Waals surface area contributed by atoms with Crippen LogP contribution in [0.3, 0.4) is 0 Å². The molecule has 2 rings (SSSR count). The predicted octanol–water partition coefficient (Wildman–Crippen LogP) is 0.781. The lowest BCUT2D eigenvalue weighted by Gasteiger charge is -2.23. The second-order valence-electron chi connectivity index (χ2n) is 4.78. The second kappa shape index (κ2) is 5.97. The molecule has 1 atom stereocenters. The first-order valence-electron chi connectivity index (χ1n) is 6.30. The first-order chi connectivity index (χ1) is 8.65. The number of hydrogen-bond donors (Lipinski definition) is 2. The number of carbonyl (C=O) groups excluding carboxylic acids is 1. The van der Waals surface area contributed by atoms with E-state index >= 15 is 0 Å². The lowest BCUT2D eigenvalue weighted by atomic mass is 10.2.